The fourth-order valence-corrected chi connectivity index (χ4v) is 1.36. The number of rotatable bonds is 6. The van der Waals surface area contributed by atoms with E-state index in [-0.39, 0.29) is 16.9 Å². The van der Waals surface area contributed by atoms with Crippen molar-refractivity contribution < 1.29 is 9.66 Å². The summed E-state index contributed by atoms with van der Waals surface area (Å²) in [5, 5.41) is 13.6. The Bertz CT molecular complexity index is 398. The summed E-state index contributed by atoms with van der Waals surface area (Å²) in [5.74, 6) is 0.372. The Morgan fingerprint density at radius 3 is 2.88 bits per heavy atom. The Balaban J connectivity index is 2.56. The van der Waals surface area contributed by atoms with Gasteiger partial charge in [-0.1, -0.05) is 11.6 Å². The van der Waals surface area contributed by atoms with Gasteiger partial charge in [-0.05, 0) is 13.8 Å². The highest BCUT2D eigenvalue weighted by Gasteiger charge is 2.09. The summed E-state index contributed by atoms with van der Waals surface area (Å²) < 4.78 is 5.31. The van der Waals surface area contributed by atoms with E-state index in [1.165, 1.54) is 12.1 Å². The van der Waals surface area contributed by atoms with Crippen molar-refractivity contribution in [1.29, 1.82) is 0 Å². The Hall–Kier alpha value is -1.40. The quantitative estimate of drug-likeness (QED) is 0.368. The SMILES string of the molecule is CC(C)OCCNc1cc([N+](=O)[O-])cc(Cl)n1. The molecule has 1 aromatic rings. The number of aromatic nitrogens is 1. The van der Waals surface area contributed by atoms with Gasteiger partial charge in [-0.25, -0.2) is 4.98 Å². The fraction of sp³-hybridized carbons (Fsp3) is 0.500. The summed E-state index contributed by atoms with van der Waals surface area (Å²) in [4.78, 5) is 14.0. The zero-order valence-electron chi connectivity index (χ0n) is 9.64. The van der Waals surface area contributed by atoms with Gasteiger partial charge < -0.3 is 10.1 Å². The van der Waals surface area contributed by atoms with E-state index in [0.717, 1.165) is 0 Å². The normalized spacial score (nSPS) is 10.6. The number of nitrogens with one attached hydrogen (secondary N) is 1. The first-order chi connectivity index (χ1) is 7.99. The number of anilines is 1. The van der Waals surface area contributed by atoms with Crippen LogP contribution >= 0.6 is 11.6 Å². The van der Waals surface area contributed by atoms with Gasteiger partial charge in [0.1, 0.15) is 11.0 Å². The molecular weight excluding hydrogens is 246 g/mol. The maximum Gasteiger partial charge on any atom is 0.276 e. The molecule has 0 aliphatic rings. The van der Waals surface area contributed by atoms with Crippen molar-refractivity contribution in [2.75, 3.05) is 18.5 Å². The van der Waals surface area contributed by atoms with Crippen LogP contribution in [0.25, 0.3) is 0 Å². The minimum atomic E-state index is -0.511. The van der Waals surface area contributed by atoms with Crippen LogP contribution in [0.15, 0.2) is 12.1 Å². The van der Waals surface area contributed by atoms with Crippen molar-refractivity contribution in [3.8, 4) is 0 Å². The standard InChI is InChI=1S/C10H14ClN3O3/c1-7(2)17-4-3-12-10-6-8(14(15)16)5-9(11)13-10/h5-7H,3-4H2,1-2H3,(H,12,13). The van der Waals surface area contributed by atoms with Crippen LogP contribution in [0.3, 0.4) is 0 Å². The summed E-state index contributed by atoms with van der Waals surface area (Å²) in [6.07, 6.45) is 0.151. The third-order valence-electron chi connectivity index (χ3n) is 1.85. The number of nitrogens with zero attached hydrogens (tertiary/aromatic N) is 2. The van der Waals surface area contributed by atoms with E-state index in [1.807, 2.05) is 13.8 Å². The van der Waals surface area contributed by atoms with Gasteiger partial charge in [0.15, 0.2) is 0 Å². The molecule has 0 spiro atoms. The highest BCUT2D eigenvalue weighted by molar-refractivity contribution is 6.29. The van der Waals surface area contributed by atoms with Crippen molar-refractivity contribution in [3.05, 3.63) is 27.4 Å². The number of pyridine rings is 1. The van der Waals surface area contributed by atoms with E-state index in [0.29, 0.717) is 19.0 Å². The second-order valence-corrected chi connectivity index (χ2v) is 4.02. The molecule has 0 aromatic carbocycles. The molecule has 6 nitrogen and oxygen atoms in total. The van der Waals surface area contributed by atoms with Crippen molar-refractivity contribution >= 4 is 23.1 Å². The van der Waals surface area contributed by atoms with Gasteiger partial charge in [0.2, 0.25) is 0 Å². The first-order valence-electron chi connectivity index (χ1n) is 5.16. The number of ether oxygens (including phenoxy) is 1. The number of halogens is 1. The van der Waals surface area contributed by atoms with E-state index in [2.05, 4.69) is 10.3 Å². The van der Waals surface area contributed by atoms with E-state index in [4.69, 9.17) is 16.3 Å². The Labute approximate surface area is 104 Å². The van der Waals surface area contributed by atoms with Gasteiger partial charge in [0.25, 0.3) is 5.69 Å². The lowest BCUT2D eigenvalue weighted by Crippen LogP contribution is -2.13. The lowest BCUT2D eigenvalue weighted by molar-refractivity contribution is -0.384. The van der Waals surface area contributed by atoms with E-state index < -0.39 is 4.92 Å². The summed E-state index contributed by atoms with van der Waals surface area (Å²) in [5.41, 5.74) is -0.0859. The van der Waals surface area contributed by atoms with Gasteiger partial charge in [0.05, 0.1) is 29.8 Å². The minimum Gasteiger partial charge on any atom is -0.377 e. The van der Waals surface area contributed by atoms with E-state index >= 15 is 0 Å². The zero-order valence-corrected chi connectivity index (χ0v) is 10.4. The smallest absolute Gasteiger partial charge is 0.276 e. The van der Waals surface area contributed by atoms with Crippen LogP contribution in [0.1, 0.15) is 13.8 Å². The average Bonchev–Trinajstić information content (AvgIpc) is 2.23. The first-order valence-corrected chi connectivity index (χ1v) is 5.54. The van der Waals surface area contributed by atoms with Gasteiger partial charge >= 0.3 is 0 Å². The Morgan fingerprint density at radius 1 is 1.59 bits per heavy atom. The maximum atomic E-state index is 10.6. The van der Waals surface area contributed by atoms with Crippen LogP contribution in [0.2, 0.25) is 5.15 Å². The molecule has 0 aliphatic heterocycles. The topological polar surface area (TPSA) is 77.3 Å². The predicted octanol–water partition coefficient (Wildman–Crippen LogP) is 2.48. The fourth-order valence-electron chi connectivity index (χ4n) is 1.15. The van der Waals surface area contributed by atoms with Crippen molar-refractivity contribution in [2.45, 2.75) is 20.0 Å². The van der Waals surface area contributed by atoms with Crippen molar-refractivity contribution in [1.82, 2.24) is 4.98 Å². The molecule has 0 amide bonds. The molecular formula is C10H14ClN3O3. The van der Waals surface area contributed by atoms with Gasteiger partial charge in [-0.3, -0.25) is 10.1 Å². The van der Waals surface area contributed by atoms with E-state index in [9.17, 15) is 10.1 Å². The highest BCUT2D eigenvalue weighted by Crippen LogP contribution is 2.20. The molecule has 0 unspecified atom stereocenters. The van der Waals surface area contributed by atoms with Crippen LogP contribution in [0.5, 0.6) is 0 Å². The van der Waals surface area contributed by atoms with Crippen LogP contribution in [-0.2, 0) is 4.74 Å². The number of hydrogen-bond donors (Lipinski definition) is 1. The molecule has 7 heteroatoms. The van der Waals surface area contributed by atoms with Crippen LogP contribution in [0.4, 0.5) is 11.5 Å². The second kappa shape index (κ2) is 6.36. The third kappa shape index (κ3) is 4.97. The molecule has 1 rings (SSSR count). The largest absolute Gasteiger partial charge is 0.377 e. The average molecular weight is 260 g/mol. The molecule has 1 heterocycles. The highest BCUT2D eigenvalue weighted by atomic mass is 35.5. The second-order valence-electron chi connectivity index (χ2n) is 3.64. The molecule has 0 fully saturated rings. The first kappa shape index (κ1) is 13.7. The molecule has 1 aromatic heterocycles. The zero-order chi connectivity index (χ0) is 12.8. The summed E-state index contributed by atoms with van der Waals surface area (Å²) in [6, 6.07) is 2.54. The molecule has 0 aliphatic carbocycles. The molecule has 0 radical (unpaired) electrons. The Kier molecular flexibility index (Phi) is 5.11. The van der Waals surface area contributed by atoms with Crippen LogP contribution in [0, 0.1) is 10.1 Å². The summed E-state index contributed by atoms with van der Waals surface area (Å²) in [7, 11) is 0. The van der Waals surface area contributed by atoms with Gasteiger partial charge in [0, 0.05) is 6.54 Å². The third-order valence-corrected chi connectivity index (χ3v) is 2.04. The maximum absolute atomic E-state index is 10.6. The van der Waals surface area contributed by atoms with Crippen molar-refractivity contribution in [3.63, 3.8) is 0 Å². The van der Waals surface area contributed by atoms with Crippen molar-refractivity contribution in [2.24, 2.45) is 0 Å². The summed E-state index contributed by atoms with van der Waals surface area (Å²) in [6.45, 7) is 4.88. The molecule has 1 N–H and O–H groups in total. The predicted molar refractivity (Wildman–Crippen MR) is 65.5 cm³/mol. The molecule has 17 heavy (non-hydrogen) atoms. The number of nitro groups is 1. The Morgan fingerprint density at radius 2 is 2.29 bits per heavy atom. The molecule has 0 saturated carbocycles. The molecule has 0 atom stereocenters. The lowest BCUT2D eigenvalue weighted by Gasteiger charge is -2.09. The minimum absolute atomic E-state index is 0.0859. The summed E-state index contributed by atoms with van der Waals surface area (Å²) >= 11 is 5.67. The monoisotopic (exact) mass is 259 g/mol. The van der Waals surface area contributed by atoms with Gasteiger partial charge in [-0.15, -0.1) is 0 Å². The van der Waals surface area contributed by atoms with E-state index in [1.54, 1.807) is 0 Å². The lowest BCUT2D eigenvalue weighted by atomic mass is 10.4. The molecule has 0 bridgehead atoms. The van der Waals surface area contributed by atoms with Crippen LogP contribution < -0.4 is 5.32 Å². The number of hydrogen-bond acceptors (Lipinski definition) is 5. The van der Waals surface area contributed by atoms with Crippen LogP contribution in [-0.4, -0.2) is 29.2 Å². The molecule has 0 saturated heterocycles. The van der Waals surface area contributed by atoms with Gasteiger partial charge in [-0.2, -0.15) is 0 Å². The molecule has 94 valence electrons.